The van der Waals surface area contributed by atoms with Crippen LogP contribution in [0, 0.1) is 0 Å². The number of rotatable bonds is 9. The molecular weight excluding hydrogens is 218 g/mol. The molecule has 0 unspecified atom stereocenters. The van der Waals surface area contributed by atoms with Crippen LogP contribution in [0.25, 0.3) is 0 Å². The Hall–Kier alpha value is -0.510. The molecule has 0 aliphatic rings. The second-order valence-corrected chi connectivity index (χ2v) is 4.86. The zero-order valence-corrected chi connectivity index (χ0v) is 10.5. The summed E-state index contributed by atoms with van der Waals surface area (Å²) in [5.41, 5.74) is 0. The van der Waals surface area contributed by atoms with E-state index in [0.717, 1.165) is 38.1 Å². The van der Waals surface area contributed by atoms with Gasteiger partial charge < -0.3 is 10.4 Å². The van der Waals surface area contributed by atoms with E-state index in [1.165, 1.54) is 4.90 Å². The van der Waals surface area contributed by atoms with E-state index >= 15 is 0 Å². The molecule has 0 amide bonds. The minimum atomic E-state index is 0.323. The summed E-state index contributed by atoms with van der Waals surface area (Å²) in [5.74, 6) is 1.12. The lowest BCUT2D eigenvalue weighted by Crippen LogP contribution is -2.18. The van der Waals surface area contributed by atoms with Gasteiger partial charge in [0.2, 0.25) is 0 Å². The highest BCUT2D eigenvalue weighted by atomic mass is 32.2. The maximum absolute atomic E-state index is 8.61. The largest absolute Gasteiger partial charge is 0.396 e. The predicted octanol–water partition coefficient (Wildman–Crippen LogP) is 2.53. The van der Waals surface area contributed by atoms with Crippen molar-refractivity contribution in [1.29, 1.82) is 0 Å². The van der Waals surface area contributed by atoms with Crippen molar-refractivity contribution in [1.82, 2.24) is 5.32 Å². The predicted molar refractivity (Wildman–Crippen MR) is 71.0 cm³/mol. The summed E-state index contributed by atoms with van der Waals surface area (Å²) < 4.78 is 0. The van der Waals surface area contributed by atoms with Crippen molar-refractivity contribution < 1.29 is 5.11 Å². The Kier molecular flexibility index (Phi) is 8.22. The molecule has 0 fully saturated rings. The normalized spacial score (nSPS) is 10.6. The highest BCUT2D eigenvalue weighted by molar-refractivity contribution is 7.99. The molecule has 3 heteroatoms. The average Bonchev–Trinajstić information content (AvgIpc) is 2.34. The van der Waals surface area contributed by atoms with Crippen molar-refractivity contribution in [3.63, 3.8) is 0 Å². The molecule has 0 heterocycles. The van der Waals surface area contributed by atoms with Gasteiger partial charge in [-0.15, -0.1) is 11.8 Å². The Morgan fingerprint density at radius 1 is 1.00 bits per heavy atom. The monoisotopic (exact) mass is 239 g/mol. The fourth-order valence-electron chi connectivity index (χ4n) is 1.42. The summed E-state index contributed by atoms with van der Waals surface area (Å²) in [6.45, 7) is 2.44. The first kappa shape index (κ1) is 13.6. The van der Waals surface area contributed by atoms with E-state index in [1.807, 2.05) is 17.8 Å². The fourth-order valence-corrected chi connectivity index (χ4v) is 2.25. The third-order valence-electron chi connectivity index (χ3n) is 2.30. The van der Waals surface area contributed by atoms with Crippen LogP contribution in [0.4, 0.5) is 0 Å². The second kappa shape index (κ2) is 9.70. The van der Waals surface area contributed by atoms with Crippen molar-refractivity contribution >= 4 is 11.8 Å². The fraction of sp³-hybridized carbons (Fsp3) is 0.538. The zero-order valence-electron chi connectivity index (χ0n) is 9.69. The van der Waals surface area contributed by atoms with Crippen molar-refractivity contribution in [3.8, 4) is 0 Å². The smallest absolute Gasteiger partial charge is 0.0431 e. The van der Waals surface area contributed by atoms with Gasteiger partial charge in [-0.05, 0) is 37.9 Å². The maximum Gasteiger partial charge on any atom is 0.0431 e. The minimum Gasteiger partial charge on any atom is -0.396 e. The number of hydrogen-bond acceptors (Lipinski definition) is 3. The molecule has 0 saturated heterocycles. The third kappa shape index (κ3) is 6.88. The Labute approximate surface area is 102 Å². The number of unbranched alkanes of at least 4 members (excludes halogenated alkanes) is 2. The van der Waals surface area contributed by atoms with E-state index in [9.17, 15) is 0 Å². The van der Waals surface area contributed by atoms with Gasteiger partial charge in [0, 0.05) is 23.8 Å². The molecule has 0 aromatic heterocycles. The van der Waals surface area contributed by atoms with Gasteiger partial charge in [-0.2, -0.15) is 0 Å². The molecule has 0 aliphatic heterocycles. The number of hydrogen-bond donors (Lipinski definition) is 2. The lowest BCUT2D eigenvalue weighted by Gasteiger charge is -2.04. The van der Waals surface area contributed by atoms with Gasteiger partial charge in [0.1, 0.15) is 0 Å². The first-order valence-electron chi connectivity index (χ1n) is 5.93. The van der Waals surface area contributed by atoms with Gasteiger partial charge in [-0.1, -0.05) is 18.2 Å². The molecule has 0 bridgehead atoms. The lowest BCUT2D eigenvalue weighted by molar-refractivity contribution is 0.283. The van der Waals surface area contributed by atoms with Crippen LogP contribution in [0.2, 0.25) is 0 Å². The average molecular weight is 239 g/mol. The van der Waals surface area contributed by atoms with E-state index in [-0.39, 0.29) is 0 Å². The number of aliphatic hydroxyl groups is 1. The molecule has 16 heavy (non-hydrogen) atoms. The van der Waals surface area contributed by atoms with Gasteiger partial charge in [-0.3, -0.25) is 0 Å². The Morgan fingerprint density at radius 2 is 1.81 bits per heavy atom. The number of nitrogens with one attached hydrogen (secondary N) is 1. The van der Waals surface area contributed by atoms with Crippen LogP contribution in [0.3, 0.4) is 0 Å². The van der Waals surface area contributed by atoms with Crippen molar-refractivity contribution in [2.45, 2.75) is 24.2 Å². The SMILES string of the molecule is OCCCCCNCCSc1ccccc1. The molecule has 0 atom stereocenters. The molecule has 0 saturated carbocycles. The Balaban J connectivity index is 1.89. The summed E-state index contributed by atoms with van der Waals surface area (Å²) in [5, 5.41) is 12.0. The molecular formula is C13H21NOS. The van der Waals surface area contributed by atoms with Gasteiger partial charge in [0.25, 0.3) is 0 Å². The lowest BCUT2D eigenvalue weighted by atomic mass is 10.2. The molecule has 2 nitrogen and oxygen atoms in total. The molecule has 1 aromatic carbocycles. The Morgan fingerprint density at radius 3 is 2.56 bits per heavy atom. The van der Waals surface area contributed by atoms with Crippen LogP contribution in [-0.4, -0.2) is 30.6 Å². The summed E-state index contributed by atoms with van der Waals surface area (Å²) in [7, 11) is 0. The highest BCUT2D eigenvalue weighted by Gasteiger charge is 1.92. The highest BCUT2D eigenvalue weighted by Crippen LogP contribution is 2.15. The molecule has 2 N–H and O–H groups in total. The summed E-state index contributed by atoms with van der Waals surface area (Å²) in [6.07, 6.45) is 3.21. The van der Waals surface area contributed by atoms with E-state index in [1.54, 1.807) is 0 Å². The van der Waals surface area contributed by atoms with Crippen molar-refractivity contribution in [2.75, 3.05) is 25.4 Å². The Bertz CT molecular complexity index is 253. The number of aliphatic hydroxyl groups excluding tert-OH is 1. The topological polar surface area (TPSA) is 32.3 Å². The van der Waals surface area contributed by atoms with Crippen molar-refractivity contribution in [2.24, 2.45) is 0 Å². The summed E-state index contributed by atoms with van der Waals surface area (Å²) in [6, 6.07) is 10.5. The summed E-state index contributed by atoms with van der Waals surface area (Å²) >= 11 is 1.89. The zero-order chi connectivity index (χ0) is 11.5. The van der Waals surface area contributed by atoms with E-state index in [4.69, 9.17) is 5.11 Å². The standard InChI is InChI=1S/C13H21NOS/c15-11-6-2-5-9-14-10-12-16-13-7-3-1-4-8-13/h1,3-4,7-8,14-15H,2,5-6,9-12H2. The molecule has 1 rings (SSSR count). The number of benzene rings is 1. The molecule has 0 radical (unpaired) electrons. The third-order valence-corrected chi connectivity index (χ3v) is 3.32. The van der Waals surface area contributed by atoms with E-state index in [0.29, 0.717) is 6.61 Å². The van der Waals surface area contributed by atoms with Gasteiger partial charge in [0.05, 0.1) is 0 Å². The van der Waals surface area contributed by atoms with Crippen LogP contribution >= 0.6 is 11.8 Å². The molecule has 0 spiro atoms. The van der Waals surface area contributed by atoms with E-state index in [2.05, 4.69) is 29.6 Å². The number of thioether (sulfide) groups is 1. The van der Waals surface area contributed by atoms with Gasteiger partial charge >= 0.3 is 0 Å². The van der Waals surface area contributed by atoms with E-state index < -0.39 is 0 Å². The molecule has 0 aliphatic carbocycles. The van der Waals surface area contributed by atoms with Crippen LogP contribution in [0.5, 0.6) is 0 Å². The van der Waals surface area contributed by atoms with Gasteiger partial charge in [-0.25, -0.2) is 0 Å². The first-order chi connectivity index (χ1) is 7.93. The van der Waals surface area contributed by atoms with Gasteiger partial charge in [0.15, 0.2) is 0 Å². The second-order valence-electron chi connectivity index (χ2n) is 3.70. The van der Waals surface area contributed by atoms with Crippen LogP contribution < -0.4 is 5.32 Å². The summed E-state index contributed by atoms with van der Waals surface area (Å²) in [4.78, 5) is 1.34. The first-order valence-corrected chi connectivity index (χ1v) is 6.91. The minimum absolute atomic E-state index is 0.323. The van der Waals surface area contributed by atoms with Crippen molar-refractivity contribution in [3.05, 3.63) is 30.3 Å². The molecule has 1 aromatic rings. The van der Waals surface area contributed by atoms with Crippen LogP contribution in [-0.2, 0) is 0 Å². The molecule has 90 valence electrons. The van der Waals surface area contributed by atoms with Crippen LogP contribution in [0.15, 0.2) is 35.2 Å². The quantitative estimate of drug-likeness (QED) is 0.513. The van der Waals surface area contributed by atoms with Crippen LogP contribution in [0.1, 0.15) is 19.3 Å². The maximum atomic E-state index is 8.61.